The van der Waals surface area contributed by atoms with E-state index in [0.717, 1.165) is 0 Å². The molecule has 0 radical (unpaired) electrons. The summed E-state index contributed by atoms with van der Waals surface area (Å²) >= 11 is 0. The molecule has 3 heterocycles. The van der Waals surface area contributed by atoms with Crippen molar-refractivity contribution >= 4 is 17.1 Å². The zero-order chi connectivity index (χ0) is 17.6. The number of H-pyrrole nitrogens is 1. The number of fused-ring (bicyclic) bond motifs is 1. The Balaban J connectivity index is 2.07. The number of hydrogen-bond donors (Lipinski definition) is 4. The molecular formula is C11H15N5O5. The number of imidazole rings is 1. The van der Waals surface area contributed by atoms with Crippen molar-refractivity contribution in [1.82, 2.24) is 19.5 Å². The third-order valence-electron chi connectivity index (χ3n) is 3.35. The summed E-state index contributed by atoms with van der Waals surface area (Å²) in [6.45, 7) is -0.554. The van der Waals surface area contributed by atoms with Gasteiger partial charge in [0, 0.05) is 7.04 Å². The molecule has 3 rings (SSSR count). The van der Waals surface area contributed by atoms with Crippen molar-refractivity contribution in [3.63, 3.8) is 0 Å². The summed E-state index contributed by atoms with van der Waals surface area (Å²) in [5.74, 6) is -0.167. The number of nitrogens with zero attached hydrogens (tertiary/aromatic N) is 3. The molecule has 0 aromatic carbocycles. The summed E-state index contributed by atoms with van der Waals surface area (Å²) in [5, 5.41) is 19.4. The molecule has 0 amide bonds. The van der Waals surface area contributed by atoms with Gasteiger partial charge < -0.3 is 25.4 Å². The lowest BCUT2D eigenvalue weighted by atomic mass is 10.1. The molecule has 0 aliphatic carbocycles. The van der Waals surface area contributed by atoms with Gasteiger partial charge in [-0.3, -0.25) is 14.3 Å². The van der Waals surface area contributed by atoms with Gasteiger partial charge in [0.2, 0.25) is 5.95 Å². The largest absolute Gasteiger partial charge is 0.394 e. The quantitative estimate of drug-likeness (QED) is 0.507. The third kappa shape index (κ3) is 2.08. The minimum atomic E-state index is -2.81. The number of aromatic nitrogens is 4. The predicted molar refractivity (Wildman–Crippen MR) is 70.4 cm³/mol. The second-order valence-electron chi connectivity index (χ2n) is 4.60. The first kappa shape index (κ1) is 10.7. The zero-order valence-corrected chi connectivity index (χ0v) is 10.6. The lowest BCUT2D eigenvalue weighted by Gasteiger charge is -2.19. The fraction of sp³-hybridized carbons (Fsp3) is 0.545. The van der Waals surface area contributed by atoms with Crippen molar-refractivity contribution in [2.24, 2.45) is 0 Å². The molecule has 1 fully saturated rings. The topological polar surface area (TPSA) is 149 Å². The number of aromatic amines is 1. The minimum Gasteiger partial charge on any atom is -0.394 e. The van der Waals surface area contributed by atoms with Gasteiger partial charge in [-0.25, -0.2) is 4.98 Å². The van der Waals surface area contributed by atoms with Crippen LogP contribution in [0.5, 0.6) is 0 Å². The van der Waals surface area contributed by atoms with Crippen molar-refractivity contribution in [2.45, 2.75) is 24.5 Å². The van der Waals surface area contributed by atoms with E-state index in [0.29, 0.717) is 0 Å². The van der Waals surface area contributed by atoms with Crippen LogP contribution >= 0.6 is 0 Å². The molecule has 21 heavy (non-hydrogen) atoms. The van der Waals surface area contributed by atoms with Gasteiger partial charge in [-0.1, -0.05) is 0 Å². The summed E-state index contributed by atoms with van der Waals surface area (Å²) in [6, 6.07) is 0. The van der Waals surface area contributed by atoms with Crippen LogP contribution in [0.15, 0.2) is 11.1 Å². The summed E-state index contributed by atoms with van der Waals surface area (Å²) in [4.78, 5) is 21.9. The van der Waals surface area contributed by atoms with Crippen molar-refractivity contribution in [3.8, 4) is 0 Å². The Kier molecular flexibility index (Phi) is 2.58. The first-order chi connectivity index (χ1) is 11.2. The van der Waals surface area contributed by atoms with Gasteiger partial charge in [-0.15, -0.1) is 0 Å². The predicted octanol–water partition coefficient (Wildman–Crippen LogP) is -2.03. The van der Waals surface area contributed by atoms with E-state index in [9.17, 15) is 15.0 Å². The number of aliphatic hydroxyl groups is 2. The molecule has 4 atom stereocenters. The van der Waals surface area contributed by atoms with E-state index >= 15 is 0 Å². The Morgan fingerprint density at radius 3 is 3.24 bits per heavy atom. The first-order valence-corrected chi connectivity index (χ1v) is 6.06. The average molecular weight is 300 g/mol. The molecule has 10 heteroatoms. The lowest BCUT2D eigenvalue weighted by Crippen LogP contribution is -2.34. The number of rotatable bonds is 3. The number of nitrogens with two attached hydrogens (primary N) is 1. The van der Waals surface area contributed by atoms with Crippen LogP contribution < -0.4 is 11.3 Å². The maximum absolute atomic E-state index is 11.8. The fourth-order valence-corrected chi connectivity index (χ4v) is 2.35. The van der Waals surface area contributed by atoms with Crippen molar-refractivity contribution in [2.75, 3.05) is 19.4 Å². The van der Waals surface area contributed by atoms with E-state index < -0.39 is 43.7 Å². The van der Waals surface area contributed by atoms with Gasteiger partial charge in [0.15, 0.2) is 17.4 Å². The molecule has 2 aromatic rings. The van der Waals surface area contributed by atoms with E-state index in [1.165, 1.54) is 10.9 Å². The number of methoxy groups -OCH3 is 1. The van der Waals surface area contributed by atoms with E-state index in [2.05, 4.69) is 15.0 Å². The Morgan fingerprint density at radius 1 is 1.71 bits per heavy atom. The van der Waals surface area contributed by atoms with Crippen LogP contribution in [-0.2, 0) is 9.47 Å². The fourth-order valence-electron chi connectivity index (χ4n) is 2.35. The molecule has 1 saturated heterocycles. The highest BCUT2D eigenvalue weighted by Gasteiger charge is 2.45. The van der Waals surface area contributed by atoms with Crippen LogP contribution in [0.2, 0.25) is 0 Å². The molecule has 1 aliphatic rings. The number of anilines is 1. The van der Waals surface area contributed by atoms with Crippen LogP contribution in [0.25, 0.3) is 11.2 Å². The molecule has 2 aromatic heterocycles. The Bertz CT molecular complexity index is 805. The van der Waals surface area contributed by atoms with Crippen LogP contribution in [0.1, 0.15) is 10.3 Å². The minimum absolute atomic E-state index is 0.0335. The molecular weight excluding hydrogens is 282 g/mol. The normalized spacial score (nSPS) is 32.0. The lowest BCUT2D eigenvalue weighted by molar-refractivity contribution is -0.0583. The SMILES string of the molecule is [2H]C([2H])([2H])O[C@@H]1[C@H](O)[C@@H](CO)O[C@H]1n1cnc2c(=O)[nH]c(N)nc21. The van der Waals surface area contributed by atoms with Crippen molar-refractivity contribution < 1.29 is 23.8 Å². The Morgan fingerprint density at radius 2 is 2.52 bits per heavy atom. The smallest absolute Gasteiger partial charge is 0.280 e. The van der Waals surface area contributed by atoms with E-state index in [1.807, 2.05) is 0 Å². The Labute approximate surface area is 122 Å². The summed E-state index contributed by atoms with van der Waals surface area (Å²) in [6.07, 6.45) is -3.79. The highest BCUT2D eigenvalue weighted by molar-refractivity contribution is 5.70. The van der Waals surface area contributed by atoms with Crippen LogP contribution in [0.3, 0.4) is 0 Å². The van der Waals surface area contributed by atoms with Gasteiger partial charge >= 0.3 is 0 Å². The van der Waals surface area contributed by atoms with Crippen LogP contribution in [0, 0.1) is 0 Å². The van der Waals surface area contributed by atoms with Gasteiger partial charge in [0.05, 0.1) is 17.0 Å². The van der Waals surface area contributed by atoms with Gasteiger partial charge in [0.25, 0.3) is 5.56 Å². The van der Waals surface area contributed by atoms with Gasteiger partial charge in [-0.05, 0) is 0 Å². The summed E-state index contributed by atoms with van der Waals surface area (Å²) < 4.78 is 33.3. The average Bonchev–Trinajstić information content (AvgIpc) is 3.00. The highest BCUT2D eigenvalue weighted by atomic mass is 16.6. The van der Waals surface area contributed by atoms with E-state index in [4.69, 9.17) is 19.3 Å². The monoisotopic (exact) mass is 300 g/mol. The molecule has 10 nitrogen and oxygen atoms in total. The number of nitrogen functional groups attached to an aromatic ring is 1. The summed E-state index contributed by atoms with van der Waals surface area (Å²) in [7, 11) is -2.81. The molecule has 114 valence electrons. The maximum atomic E-state index is 11.8. The highest BCUT2D eigenvalue weighted by Crippen LogP contribution is 2.32. The zero-order valence-electron chi connectivity index (χ0n) is 13.6. The Hall–Kier alpha value is -2.01. The van der Waals surface area contributed by atoms with E-state index in [-0.39, 0.29) is 17.1 Å². The maximum Gasteiger partial charge on any atom is 0.280 e. The van der Waals surface area contributed by atoms with Gasteiger partial charge in [-0.2, -0.15) is 4.98 Å². The summed E-state index contributed by atoms with van der Waals surface area (Å²) in [5.41, 5.74) is 4.92. The third-order valence-corrected chi connectivity index (χ3v) is 3.35. The molecule has 5 N–H and O–H groups in total. The second-order valence-corrected chi connectivity index (χ2v) is 4.60. The number of ether oxygens (including phenoxy) is 2. The van der Waals surface area contributed by atoms with Crippen molar-refractivity contribution in [1.29, 1.82) is 0 Å². The van der Waals surface area contributed by atoms with Crippen LogP contribution in [-0.4, -0.2) is 61.7 Å². The van der Waals surface area contributed by atoms with Crippen LogP contribution in [0.4, 0.5) is 5.95 Å². The molecule has 0 saturated carbocycles. The number of nitrogens with one attached hydrogen (secondary N) is 1. The molecule has 0 spiro atoms. The molecule has 1 aliphatic heterocycles. The van der Waals surface area contributed by atoms with Gasteiger partial charge in [0.1, 0.15) is 18.3 Å². The first-order valence-electron chi connectivity index (χ1n) is 7.56. The van der Waals surface area contributed by atoms with Crippen molar-refractivity contribution in [3.05, 3.63) is 16.7 Å². The molecule has 0 unspecified atom stereocenters. The number of hydrogen-bond acceptors (Lipinski definition) is 8. The van der Waals surface area contributed by atoms with E-state index in [1.54, 1.807) is 0 Å². The standard InChI is InChI=1S/C11H15N5O5/c1-20-7-6(18)4(2-17)21-10(7)16-3-13-5-8(16)14-11(12)15-9(5)19/h3-4,6-7,10,17-18H,2H2,1H3,(H3,12,14,15,19)/t4-,6-,7-,10-/m1/s1/i1D3. The second kappa shape index (κ2) is 5.07. The number of aliphatic hydroxyl groups excluding tert-OH is 2. The molecule has 0 bridgehead atoms.